The number of hydrogen-bond acceptors (Lipinski definition) is 3. The Morgan fingerprint density at radius 3 is 2.09 bits per heavy atom. The lowest BCUT2D eigenvalue weighted by atomic mass is 9.99. The van der Waals surface area contributed by atoms with Crippen molar-refractivity contribution in [2.75, 3.05) is 4.72 Å². The smallest absolute Gasteiger partial charge is 0.261 e. The molecular formula is C18H21NO3S. The monoisotopic (exact) mass is 331 g/mol. The Balaban J connectivity index is 2.19. The molecule has 0 spiro atoms. The molecule has 0 unspecified atom stereocenters. The Labute approximate surface area is 137 Å². The topological polar surface area (TPSA) is 63.2 Å². The fourth-order valence-electron chi connectivity index (χ4n) is 2.20. The van der Waals surface area contributed by atoms with Crippen molar-refractivity contribution in [1.29, 1.82) is 0 Å². The minimum atomic E-state index is -3.63. The van der Waals surface area contributed by atoms with Gasteiger partial charge in [0.25, 0.3) is 10.0 Å². The van der Waals surface area contributed by atoms with Gasteiger partial charge >= 0.3 is 0 Å². The molecule has 122 valence electrons. The molecule has 2 aromatic carbocycles. The minimum absolute atomic E-state index is 0.0555. The highest BCUT2D eigenvalue weighted by Gasteiger charge is 2.15. The van der Waals surface area contributed by atoms with Gasteiger partial charge in [0, 0.05) is 11.3 Å². The summed E-state index contributed by atoms with van der Waals surface area (Å²) in [5.41, 5.74) is 2.10. The SMILES string of the molecule is CC[C@@H](C)c1ccc(S(=O)(=O)Nc2ccc(C(C)=O)cc2)cc1. The summed E-state index contributed by atoms with van der Waals surface area (Å²) >= 11 is 0. The summed E-state index contributed by atoms with van der Waals surface area (Å²) in [5, 5.41) is 0. The maximum atomic E-state index is 12.4. The Morgan fingerprint density at radius 1 is 1.04 bits per heavy atom. The van der Waals surface area contributed by atoms with E-state index >= 15 is 0 Å². The fraction of sp³-hybridized carbons (Fsp3) is 0.278. The first-order valence-corrected chi connectivity index (χ1v) is 9.05. The van der Waals surface area contributed by atoms with Crippen molar-refractivity contribution in [3.8, 4) is 0 Å². The molecule has 2 rings (SSSR count). The molecule has 0 fully saturated rings. The van der Waals surface area contributed by atoms with Gasteiger partial charge in [-0.05, 0) is 61.2 Å². The van der Waals surface area contributed by atoms with Crippen molar-refractivity contribution in [3.05, 3.63) is 59.7 Å². The van der Waals surface area contributed by atoms with E-state index in [1.54, 1.807) is 36.4 Å². The maximum absolute atomic E-state index is 12.4. The summed E-state index contributed by atoms with van der Waals surface area (Å²) in [6, 6.07) is 13.3. The second-order valence-corrected chi connectivity index (χ2v) is 7.30. The molecule has 1 N–H and O–H groups in total. The predicted octanol–water partition coefficient (Wildman–Crippen LogP) is 4.20. The van der Waals surface area contributed by atoms with E-state index in [1.165, 1.54) is 6.92 Å². The lowest BCUT2D eigenvalue weighted by Gasteiger charge is -2.11. The standard InChI is InChI=1S/C18H21NO3S/c1-4-13(2)15-7-11-18(12-8-15)23(21,22)19-17-9-5-16(6-10-17)14(3)20/h5-13,19H,4H2,1-3H3/t13-/m1/s1. The van der Waals surface area contributed by atoms with Crippen LogP contribution in [0.5, 0.6) is 0 Å². The van der Waals surface area contributed by atoms with Crippen LogP contribution in [0.3, 0.4) is 0 Å². The van der Waals surface area contributed by atoms with Crippen LogP contribution in [-0.2, 0) is 10.0 Å². The number of hydrogen-bond donors (Lipinski definition) is 1. The van der Waals surface area contributed by atoms with Gasteiger partial charge in [0.2, 0.25) is 0 Å². The van der Waals surface area contributed by atoms with Crippen LogP contribution in [0.25, 0.3) is 0 Å². The van der Waals surface area contributed by atoms with Crippen LogP contribution in [0.4, 0.5) is 5.69 Å². The molecule has 0 aliphatic rings. The third-order valence-electron chi connectivity index (χ3n) is 3.92. The average molecular weight is 331 g/mol. The molecule has 5 heteroatoms. The molecule has 0 saturated heterocycles. The molecule has 0 bridgehead atoms. The summed E-state index contributed by atoms with van der Waals surface area (Å²) in [7, 11) is -3.63. The highest BCUT2D eigenvalue weighted by molar-refractivity contribution is 7.92. The van der Waals surface area contributed by atoms with E-state index in [2.05, 4.69) is 18.6 Å². The molecule has 0 aliphatic heterocycles. The first-order chi connectivity index (χ1) is 10.8. The fourth-order valence-corrected chi connectivity index (χ4v) is 3.26. The lowest BCUT2D eigenvalue weighted by Crippen LogP contribution is -2.13. The molecule has 0 radical (unpaired) electrons. The van der Waals surface area contributed by atoms with Gasteiger partial charge < -0.3 is 0 Å². The molecule has 1 atom stereocenters. The highest BCUT2D eigenvalue weighted by Crippen LogP contribution is 2.22. The molecule has 0 heterocycles. The van der Waals surface area contributed by atoms with Crippen molar-refractivity contribution in [2.24, 2.45) is 0 Å². The van der Waals surface area contributed by atoms with E-state index in [9.17, 15) is 13.2 Å². The zero-order valence-electron chi connectivity index (χ0n) is 13.5. The van der Waals surface area contributed by atoms with Crippen molar-refractivity contribution in [1.82, 2.24) is 0 Å². The van der Waals surface area contributed by atoms with Gasteiger partial charge in [0.05, 0.1) is 4.90 Å². The zero-order chi connectivity index (χ0) is 17.0. The highest BCUT2D eigenvalue weighted by atomic mass is 32.2. The van der Waals surface area contributed by atoms with Crippen LogP contribution in [0.2, 0.25) is 0 Å². The molecule has 0 aromatic heterocycles. The molecule has 23 heavy (non-hydrogen) atoms. The Hall–Kier alpha value is -2.14. The summed E-state index contributed by atoms with van der Waals surface area (Å²) in [6.45, 7) is 5.68. The minimum Gasteiger partial charge on any atom is -0.295 e. The van der Waals surface area contributed by atoms with Crippen molar-refractivity contribution in [2.45, 2.75) is 38.0 Å². The molecule has 0 saturated carbocycles. The van der Waals surface area contributed by atoms with Gasteiger partial charge in [-0.2, -0.15) is 0 Å². The van der Waals surface area contributed by atoms with Gasteiger partial charge in [-0.15, -0.1) is 0 Å². The summed E-state index contributed by atoms with van der Waals surface area (Å²) in [4.78, 5) is 11.5. The van der Waals surface area contributed by atoms with Gasteiger partial charge in [0.15, 0.2) is 5.78 Å². The van der Waals surface area contributed by atoms with Gasteiger partial charge in [-0.3, -0.25) is 9.52 Å². The third-order valence-corrected chi connectivity index (χ3v) is 5.31. The number of rotatable bonds is 6. The summed E-state index contributed by atoms with van der Waals surface area (Å²) < 4.78 is 27.3. The first kappa shape index (κ1) is 17.2. The number of sulfonamides is 1. The maximum Gasteiger partial charge on any atom is 0.261 e. The van der Waals surface area contributed by atoms with Crippen LogP contribution >= 0.6 is 0 Å². The number of Topliss-reactive ketones (excluding diaryl/α,β-unsaturated/α-hetero) is 1. The molecule has 4 nitrogen and oxygen atoms in total. The molecule has 2 aromatic rings. The van der Waals surface area contributed by atoms with Crippen LogP contribution < -0.4 is 4.72 Å². The van der Waals surface area contributed by atoms with E-state index in [1.807, 2.05) is 12.1 Å². The van der Waals surface area contributed by atoms with Gasteiger partial charge in [0.1, 0.15) is 0 Å². The largest absolute Gasteiger partial charge is 0.295 e. The predicted molar refractivity (Wildman–Crippen MR) is 92.4 cm³/mol. The van der Waals surface area contributed by atoms with Crippen molar-refractivity contribution in [3.63, 3.8) is 0 Å². The average Bonchev–Trinajstić information content (AvgIpc) is 2.54. The number of benzene rings is 2. The van der Waals surface area contributed by atoms with Crippen molar-refractivity contribution >= 4 is 21.5 Å². The number of anilines is 1. The molecule has 0 amide bonds. The molecular weight excluding hydrogens is 310 g/mol. The second kappa shape index (κ2) is 6.96. The number of ketones is 1. The number of carbonyl (C=O) groups excluding carboxylic acids is 1. The number of carbonyl (C=O) groups is 1. The number of nitrogens with one attached hydrogen (secondary N) is 1. The Morgan fingerprint density at radius 2 is 1.61 bits per heavy atom. The van der Waals surface area contributed by atoms with Gasteiger partial charge in [-0.1, -0.05) is 26.0 Å². The van der Waals surface area contributed by atoms with E-state index in [0.717, 1.165) is 12.0 Å². The van der Waals surface area contributed by atoms with E-state index in [-0.39, 0.29) is 10.7 Å². The Bertz CT molecular complexity index is 778. The van der Waals surface area contributed by atoms with E-state index < -0.39 is 10.0 Å². The van der Waals surface area contributed by atoms with Crippen LogP contribution in [0, 0.1) is 0 Å². The van der Waals surface area contributed by atoms with Crippen molar-refractivity contribution < 1.29 is 13.2 Å². The quantitative estimate of drug-likeness (QED) is 0.807. The summed E-state index contributed by atoms with van der Waals surface area (Å²) in [5.74, 6) is 0.346. The summed E-state index contributed by atoms with van der Waals surface area (Å²) in [6.07, 6.45) is 1.01. The van der Waals surface area contributed by atoms with E-state index in [0.29, 0.717) is 17.2 Å². The lowest BCUT2D eigenvalue weighted by molar-refractivity contribution is 0.101. The van der Waals surface area contributed by atoms with Crippen LogP contribution in [-0.4, -0.2) is 14.2 Å². The van der Waals surface area contributed by atoms with Gasteiger partial charge in [-0.25, -0.2) is 8.42 Å². The van der Waals surface area contributed by atoms with Crippen LogP contribution in [0.1, 0.15) is 49.0 Å². The van der Waals surface area contributed by atoms with E-state index in [4.69, 9.17) is 0 Å². The van der Waals surface area contributed by atoms with Crippen LogP contribution in [0.15, 0.2) is 53.4 Å². The zero-order valence-corrected chi connectivity index (χ0v) is 14.4. The Kier molecular flexibility index (Phi) is 5.21. The molecule has 0 aliphatic carbocycles. The third kappa shape index (κ3) is 4.20. The first-order valence-electron chi connectivity index (χ1n) is 7.57. The second-order valence-electron chi connectivity index (χ2n) is 5.62. The normalized spacial score (nSPS) is 12.7.